The zero-order chi connectivity index (χ0) is 11.6. The predicted molar refractivity (Wildman–Crippen MR) is 51.0 cm³/mol. The Morgan fingerprint density at radius 1 is 1.33 bits per heavy atom. The molecule has 0 spiro atoms. The van der Waals surface area contributed by atoms with E-state index in [9.17, 15) is 22.3 Å². The van der Waals surface area contributed by atoms with Crippen LogP contribution in [0.4, 0.5) is 8.78 Å². The van der Waals surface area contributed by atoms with E-state index in [0.29, 0.717) is 0 Å². The van der Waals surface area contributed by atoms with Crippen LogP contribution in [0, 0.1) is 11.6 Å². The minimum atomic E-state index is -3.36. The average molecular weight is 236 g/mol. The van der Waals surface area contributed by atoms with Gasteiger partial charge in [0, 0.05) is 6.26 Å². The van der Waals surface area contributed by atoms with Gasteiger partial charge in [-0.25, -0.2) is 17.2 Å². The summed E-state index contributed by atoms with van der Waals surface area (Å²) in [5.74, 6) is -2.66. The number of hydrogen-bond acceptors (Lipinski definition) is 3. The largest absolute Gasteiger partial charge is 0.387 e. The van der Waals surface area contributed by atoms with E-state index in [1.54, 1.807) is 0 Å². The molecule has 0 saturated heterocycles. The molecule has 1 aromatic carbocycles. The van der Waals surface area contributed by atoms with Crippen molar-refractivity contribution in [3.8, 4) is 0 Å². The van der Waals surface area contributed by atoms with Gasteiger partial charge < -0.3 is 5.11 Å². The first-order valence-electron chi connectivity index (χ1n) is 4.10. The van der Waals surface area contributed by atoms with E-state index < -0.39 is 33.3 Å². The molecule has 0 bridgehead atoms. The Labute approximate surface area is 86.3 Å². The van der Waals surface area contributed by atoms with E-state index in [4.69, 9.17) is 0 Å². The molecule has 0 aliphatic heterocycles. The van der Waals surface area contributed by atoms with Gasteiger partial charge in [-0.05, 0) is 17.7 Å². The van der Waals surface area contributed by atoms with Crippen molar-refractivity contribution in [2.24, 2.45) is 0 Å². The highest BCUT2D eigenvalue weighted by Gasteiger charge is 2.15. The molecule has 0 aliphatic rings. The Morgan fingerprint density at radius 2 is 1.93 bits per heavy atom. The maximum atomic E-state index is 12.7. The first-order valence-corrected chi connectivity index (χ1v) is 6.16. The van der Waals surface area contributed by atoms with Crippen LogP contribution in [0.3, 0.4) is 0 Å². The van der Waals surface area contributed by atoms with E-state index >= 15 is 0 Å². The van der Waals surface area contributed by atoms with Crippen LogP contribution in [0.1, 0.15) is 11.7 Å². The number of sulfone groups is 1. The molecule has 0 aromatic heterocycles. The monoisotopic (exact) mass is 236 g/mol. The second-order valence-corrected chi connectivity index (χ2v) is 5.47. The van der Waals surface area contributed by atoms with E-state index in [1.165, 1.54) is 0 Å². The SMILES string of the molecule is CS(=O)(=O)CC(O)c1ccc(F)c(F)c1. The average Bonchev–Trinajstić information content (AvgIpc) is 2.06. The van der Waals surface area contributed by atoms with Crippen molar-refractivity contribution in [1.82, 2.24) is 0 Å². The van der Waals surface area contributed by atoms with Gasteiger partial charge in [0.15, 0.2) is 11.6 Å². The number of benzene rings is 1. The zero-order valence-electron chi connectivity index (χ0n) is 7.94. The molecule has 1 aromatic rings. The number of aliphatic hydroxyl groups is 1. The number of hydrogen-bond donors (Lipinski definition) is 1. The molecule has 0 heterocycles. The Bertz CT molecular complexity index is 456. The van der Waals surface area contributed by atoms with E-state index in [0.717, 1.165) is 24.5 Å². The minimum absolute atomic E-state index is 0.0410. The summed E-state index contributed by atoms with van der Waals surface area (Å²) in [6.07, 6.45) is -0.383. The third kappa shape index (κ3) is 3.56. The number of rotatable bonds is 3. The van der Waals surface area contributed by atoms with Gasteiger partial charge in [-0.3, -0.25) is 0 Å². The van der Waals surface area contributed by atoms with Gasteiger partial charge >= 0.3 is 0 Å². The van der Waals surface area contributed by atoms with Crippen molar-refractivity contribution >= 4 is 9.84 Å². The van der Waals surface area contributed by atoms with Gasteiger partial charge in [0.2, 0.25) is 0 Å². The van der Waals surface area contributed by atoms with Crippen molar-refractivity contribution < 1.29 is 22.3 Å². The fourth-order valence-corrected chi connectivity index (χ4v) is 1.87. The Kier molecular flexibility index (Phi) is 3.41. The second kappa shape index (κ2) is 4.24. The van der Waals surface area contributed by atoms with Crippen LogP contribution in [0.25, 0.3) is 0 Å². The summed E-state index contributed by atoms with van der Waals surface area (Å²) in [7, 11) is -3.36. The van der Waals surface area contributed by atoms with Gasteiger partial charge in [-0.2, -0.15) is 0 Å². The molecule has 1 rings (SSSR count). The second-order valence-electron chi connectivity index (χ2n) is 3.28. The van der Waals surface area contributed by atoms with Crippen LogP contribution in [0.15, 0.2) is 18.2 Å². The smallest absolute Gasteiger partial charge is 0.159 e. The lowest BCUT2D eigenvalue weighted by Gasteiger charge is -2.09. The van der Waals surface area contributed by atoms with Crippen molar-refractivity contribution in [2.45, 2.75) is 6.10 Å². The Hall–Kier alpha value is -1.01. The summed E-state index contributed by atoms with van der Waals surface area (Å²) in [5, 5.41) is 9.40. The predicted octanol–water partition coefficient (Wildman–Crippen LogP) is 1.04. The van der Waals surface area contributed by atoms with Crippen LogP contribution in [0.5, 0.6) is 0 Å². The molecule has 84 valence electrons. The van der Waals surface area contributed by atoms with Crippen LogP contribution in [-0.4, -0.2) is 25.5 Å². The Morgan fingerprint density at radius 3 is 2.40 bits per heavy atom. The summed E-state index contributed by atoms with van der Waals surface area (Å²) in [6, 6.07) is 2.77. The summed E-state index contributed by atoms with van der Waals surface area (Å²) in [4.78, 5) is 0. The van der Waals surface area contributed by atoms with E-state index in [1.807, 2.05) is 0 Å². The molecule has 6 heteroatoms. The summed E-state index contributed by atoms with van der Waals surface area (Å²) in [6.45, 7) is 0. The van der Waals surface area contributed by atoms with Crippen LogP contribution in [0.2, 0.25) is 0 Å². The maximum Gasteiger partial charge on any atom is 0.159 e. The first-order chi connectivity index (χ1) is 6.79. The molecule has 0 saturated carbocycles. The van der Waals surface area contributed by atoms with Gasteiger partial charge in [0.25, 0.3) is 0 Å². The molecule has 0 fully saturated rings. The lowest BCUT2D eigenvalue weighted by Crippen LogP contribution is -2.13. The summed E-state index contributed by atoms with van der Waals surface area (Å²) < 4.78 is 46.9. The molecule has 15 heavy (non-hydrogen) atoms. The highest BCUT2D eigenvalue weighted by Crippen LogP contribution is 2.17. The molecular weight excluding hydrogens is 226 g/mol. The quantitative estimate of drug-likeness (QED) is 0.853. The molecule has 0 radical (unpaired) electrons. The molecular formula is C9H10F2O3S. The lowest BCUT2D eigenvalue weighted by molar-refractivity contribution is 0.201. The summed E-state index contributed by atoms with van der Waals surface area (Å²) in [5.41, 5.74) is 0.0410. The topological polar surface area (TPSA) is 54.4 Å². The molecule has 3 nitrogen and oxygen atoms in total. The normalized spacial score (nSPS) is 13.9. The van der Waals surface area contributed by atoms with Gasteiger partial charge in [-0.15, -0.1) is 0 Å². The fraction of sp³-hybridized carbons (Fsp3) is 0.333. The first kappa shape index (κ1) is 12.1. The standard InChI is InChI=1S/C9H10F2O3S/c1-15(13,14)5-9(12)6-2-3-7(10)8(11)4-6/h2-4,9,12H,5H2,1H3. The lowest BCUT2D eigenvalue weighted by atomic mass is 10.1. The maximum absolute atomic E-state index is 12.7. The van der Waals surface area contributed by atoms with Gasteiger partial charge in [0.1, 0.15) is 9.84 Å². The molecule has 0 amide bonds. The Balaban J connectivity index is 2.92. The van der Waals surface area contributed by atoms with E-state index in [2.05, 4.69) is 0 Å². The molecule has 1 atom stereocenters. The third-order valence-electron chi connectivity index (χ3n) is 1.79. The minimum Gasteiger partial charge on any atom is -0.387 e. The van der Waals surface area contributed by atoms with Crippen LogP contribution in [-0.2, 0) is 9.84 Å². The van der Waals surface area contributed by atoms with Crippen molar-refractivity contribution in [3.63, 3.8) is 0 Å². The molecule has 0 aliphatic carbocycles. The van der Waals surface area contributed by atoms with E-state index in [-0.39, 0.29) is 5.56 Å². The van der Waals surface area contributed by atoms with Crippen LogP contribution >= 0.6 is 0 Å². The van der Waals surface area contributed by atoms with Gasteiger partial charge in [-0.1, -0.05) is 6.07 Å². The third-order valence-corrected chi connectivity index (χ3v) is 2.71. The zero-order valence-corrected chi connectivity index (χ0v) is 8.76. The summed E-state index contributed by atoms with van der Waals surface area (Å²) >= 11 is 0. The van der Waals surface area contributed by atoms with Gasteiger partial charge in [0.05, 0.1) is 11.9 Å². The molecule has 1 N–H and O–H groups in total. The number of halogens is 2. The van der Waals surface area contributed by atoms with Crippen molar-refractivity contribution in [1.29, 1.82) is 0 Å². The highest BCUT2D eigenvalue weighted by atomic mass is 32.2. The van der Waals surface area contributed by atoms with Crippen molar-refractivity contribution in [3.05, 3.63) is 35.4 Å². The molecule has 1 unspecified atom stereocenters. The van der Waals surface area contributed by atoms with Crippen molar-refractivity contribution in [2.75, 3.05) is 12.0 Å². The number of aliphatic hydroxyl groups excluding tert-OH is 1. The highest BCUT2D eigenvalue weighted by molar-refractivity contribution is 7.90. The van der Waals surface area contributed by atoms with Crippen LogP contribution < -0.4 is 0 Å². The fourth-order valence-electron chi connectivity index (χ4n) is 1.10.